The molecule has 1 aromatic carbocycles. The molecule has 4 nitrogen and oxygen atoms in total. The van der Waals surface area contributed by atoms with Crippen molar-refractivity contribution in [1.29, 1.82) is 0 Å². The number of nitrogens with zero attached hydrogens (tertiary/aromatic N) is 2. The lowest BCUT2D eigenvalue weighted by molar-refractivity contribution is -0.136. The Morgan fingerprint density at radius 2 is 1.89 bits per heavy atom. The minimum absolute atomic E-state index is 0.0338. The van der Waals surface area contributed by atoms with Gasteiger partial charge in [0.2, 0.25) is 0 Å². The Bertz CT molecular complexity index is 603. The lowest BCUT2D eigenvalue weighted by atomic mass is 10.1. The molecular formula is C13H12F2N2O2. The highest BCUT2D eigenvalue weighted by Crippen LogP contribution is 2.22. The number of carbonyl (C=O) groups is 1. The van der Waals surface area contributed by atoms with Gasteiger partial charge in [0, 0.05) is 25.1 Å². The van der Waals surface area contributed by atoms with E-state index in [4.69, 9.17) is 5.11 Å². The molecule has 0 bridgehead atoms. The van der Waals surface area contributed by atoms with E-state index in [2.05, 4.69) is 5.10 Å². The van der Waals surface area contributed by atoms with Gasteiger partial charge in [0.05, 0.1) is 17.8 Å². The van der Waals surface area contributed by atoms with E-state index < -0.39 is 17.6 Å². The van der Waals surface area contributed by atoms with Crippen molar-refractivity contribution >= 4 is 5.97 Å². The second-order valence-electron chi connectivity index (χ2n) is 4.20. The first-order chi connectivity index (χ1) is 8.95. The Kier molecular flexibility index (Phi) is 3.59. The number of rotatable bonds is 4. The lowest BCUT2D eigenvalue weighted by Gasteiger charge is -2.02. The number of hydrogen-bond donors (Lipinski definition) is 1. The number of benzene rings is 1. The van der Waals surface area contributed by atoms with Crippen LogP contribution >= 0.6 is 0 Å². The van der Waals surface area contributed by atoms with Crippen LogP contribution in [0.15, 0.2) is 24.3 Å². The fourth-order valence-electron chi connectivity index (χ4n) is 1.86. The molecule has 0 saturated carbocycles. The molecule has 0 radical (unpaired) electrons. The summed E-state index contributed by atoms with van der Waals surface area (Å²) in [6, 6.07) is 4.85. The minimum Gasteiger partial charge on any atom is -0.481 e. The standard InChI is InChI=1S/C13H12F2N2O2/c1-17-12(7-11(16-17)2-3-13(18)19)8-4-9(14)6-10(15)5-8/h4-7H,2-3H2,1H3,(H,18,19). The fraction of sp³-hybridized carbons (Fsp3) is 0.231. The highest BCUT2D eigenvalue weighted by molar-refractivity contribution is 5.67. The van der Waals surface area contributed by atoms with Gasteiger partial charge in [-0.2, -0.15) is 5.10 Å². The lowest BCUT2D eigenvalue weighted by Crippen LogP contribution is -1.99. The summed E-state index contributed by atoms with van der Waals surface area (Å²) in [5.41, 5.74) is 1.48. The zero-order valence-electron chi connectivity index (χ0n) is 10.2. The Morgan fingerprint density at radius 1 is 1.26 bits per heavy atom. The molecule has 0 saturated heterocycles. The van der Waals surface area contributed by atoms with Crippen LogP contribution in [0.4, 0.5) is 8.78 Å². The van der Waals surface area contributed by atoms with E-state index in [1.54, 1.807) is 13.1 Å². The van der Waals surface area contributed by atoms with E-state index in [1.807, 2.05) is 0 Å². The molecule has 0 aliphatic rings. The number of aromatic nitrogens is 2. The molecule has 1 N–H and O–H groups in total. The molecule has 19 heavy (non-hydrogen) atoms. The summed E-state index contributed by atoms with van der Waals surface area (Å²) in [5.74, 6) is -2.24. The number of aryl methyl sites for hydroxylation is 2. The number of aliphatic carboxylic acids is 1. The first kappa shape index (κ1) is 13.2. The predicted molar refractivity (Wildman–Crippen MR) is 64.5 cm³/mol. The van der Waals surface area contributed by atoms with Gasteiger partial charge < -0.3 is 5.11 Å². The number of hydrogen-bond acceptors (Lipinski definition) is 2. The average Bonchev–Trinajstić information content (AvgIpc) is 2.66. The largest absolute Gasteiger partial charge is 0.481 e. The summed E-state index contributed by atoms with van der Waals surface area (Å²) in [4.78, 5) is 10.5. The number of carboxylic acid groups (broad SMARTS) is 1. The number of carboxylic acids is 1. The molecule has 0 spiro atoms. The van der Waals surface area contributed by atoms with E-state index >= 15 is 0 Å². The van der Waals surface area contributed by atoms with Crippen molar-refractivity contribution in [3.63, 3.8) is 0 Å². The molecule has 1 aromatic heterocycles. The van der Waals surface area contributed by atoms with Gasteiger partial charge in [-0.05, 0) is 18.2 Å². The first-order valence-corrected chi connectivity index (χ1v) is 5.67. The third-order valence-electron chi connectivity index (χ3n) is 2.68. The molecule has 2 aromatic rings. The summed E-state index contributed by atoms with van der Waals surface area (Å²) >= 11 is 0. The molecular weight excluding hydrogens is 254 g/mol. The van der Waals surface area contributed by atoms with Crippen LogP contribution in [-0.2, 0) is 18.3 Å². The third kappa shape index (κ3) is 3.15. The van der Waals surface area contributed by atoms with Gasteiger partial charge in [0.1, 0.15) is 11.6 Å². The van der Waals surface area contributed by atoms with Gasteiger partial charge in [-0.1, -0.05) is 0 Å². The quantitative estimate of drug-likeness (QED) is 0.924. The maximum absolute atomic E-state index is 13.2. The van der Waals surface area contributed by atoms with Crippen LogP contribution in [0.25, 0.3) is 11.3 Å². The van der Waals surface area contributed by atoms with Crippen LogP contribution < -0.4 is 0 Å². The van der Waals surface area contributed by atoms with Gasteiger partial charge in [-0.15, -0.1) is 0 Å². The van der Waals surface area contributed by atoms with E-state index in [9.17, 15) is 13.6 Å². The topological polar surface area (TPSA) is 55.1 Å². The fourth-order valence-corrected chi connectivity index (χ4v) is 1.86. The summed E-state index contributed by atoms with van der Waals surface area (Å²) < 4.78 is 27.8. The first-order valence-electron chi connectivity index (χ1n) is 5.67. The van der Waals surface area contributed by atoms with E-state index in [0.29, 0.717) is 17.0 Å². The Morgan fingerprint density at radius 3 is 2.47 bits per heavy atom. The van der Waals surface area contributed by atoms with Gasteiger partial charge >= 0.3 is 5.97 Å². The normalized spacial score (nSPS) is 10.7. The van der Waals surface area contributed by atoms with Crippen molar-refractivity contribution in [2.75, 3.05) is 0 Å². The van der Waals surface area contributed by atoms with Crippen LogP contribution in [0.5, 0.6) is 0 Å². The molecule has 0 atom stereocenters. The Hall–Kier alpha value is -2.24. The second kappa shape index (κ2) is 5.17. The smallest absolute Gasteiger partial charge is 0.303 e. The van der Waals surface area contributed by atoms with Crippen molar-refractivity contribution in [2.24, 2.45) is 7.05 Å². The van der Waals surface area contributed by atoms with E-state index in [1.165, 1.54) is 16.8 Å². The summed E-state index contributed by atoms with van der Waals surface area (Å²) in [6.45, 7) is 0. The van der Waals surface area contributed by atoms with Crippen LogP contribution in [0.3, 0.4) is 0 Å². The average molecular weight is 266 g/mol. The zero-order chi connectivity index (χ0) is 14.0. The monoisotopic (exact) mass is 266 g/mol. The Labute approximate surface area is 108 Å². The zero-order valence-corrected chi connectivity index (χ0v) is 10.2. The molecule has 6 heteroatoms. The van der Waals surface area contributed by atoms with Crippen molar-refractivity contribution in [2.45, 2.75) is 12.8 Å². The van der Waals surface area contributed by atoms with Crippen molar-refractivity contribution < 1.29 is 18.7 Å². The van der Waals surface area contributed by atoms with Crippen LogP contribution in [0.1, 0.15) is 12.1 Å². The van der Waals surface area contributed by atoms with Gasteiger partial charge in [-0.25, -0.2) is 8.78 Å². The SMILES string of the molecule is Cn1nc(CCC(=O)O)cc1-c1cc(F)cc(F)c1. The van der Waals surface area contributed by atoms with Gasteiger partial charge in [-0.3, -0.25) is 9.48 Å². The van der Waals surface area contributed by atoms with Crippen molar-refractivity contribution in [1.82, 2.24) is 9.78 Å². The predicted octanol–water partition coefficient (Wildman–Crippen LogP) is 2.38. The maximum Gasteiger partial charge on any atom is 0.303 e. The van der Waals surface area contributed by atoms with Crippen LogP contribution in [0, 0.1) is 11.6 Å². The highest BCUT2D eigenvalue weighted by atomic mass is 19.1. The molecule has 100 valence electrons. The molecule has 0 aliphatic heterocycles. The van der Waals surface area contributed by atoms with Crippen LogP contribution in [0.2, 0.25) is 0 Å². The maximum atomic E-state index is 13.2. The van der Waals surface area contributed by atoms with Crippen LogP contribution in [-0.4, -0.2) is 20.9 Å². The third-order valence-corrected chi connectivity index (χ3v) is 2.68. The molecule has 0 aliphatic carbocycles. The van der Waals surface area contributed by atoms with Crippen molar-refractivity contribution in [3.05, 3.63) is 41.6 Å². The summed E-state index contributed by atoms with van der Waals surface area (Å²) in [7, 11) is 1.64. The second-order valence-corrected chi connectivity index (χ2v) is 4.20. The molecule has 0 unspecified atom stereocenters. The molecule has 0 amide bonds. The molecule has 2 rings (SSSR count). The van der Waals surface area contributed by atoms with Crippen molar-refractivity contribution in [3.8, 4) is 11.3 Å². The minimum atomic E-state index is -0.913. The summed E-state index contributed by atoms with van der Waals surface area (Å²) in [5, 5.41) is 12.7. The molecule has 1 heterocycles. The Balaban J connectivity index is 2.31. The molecule has 0 fully saturated rings. The van der Waals surface area contributed by atoms with E-state index in [-0.39, 0.29) is 12.8 Å². The highest BCUT2D eigenvalue weighted by Gasteiger charge is 2.11. The number of halogens is 2. The van der Waals surface area contributed by atoms with Gasteiger partial charge in [0.25, 0.3) is 0 Å². The summed E-state index contributed by atoms with van der Waals surface area (Å²) in [6.07, 6.45) is 0.245. The van der Waals surface area contributed by atoms with E-state index in [0.717, 1.165) is 6.07 Å². The van der Waals surface area contributed by atoms with Gasteiger partial charge in [0.15, 0.2) is 0 Å².